The third kappa shape index (κ3) is 4.17. The Morgan fingerprint density at radius 1 is 1.45 bits per heavy atom. The first-order valence-electron chi connectivity index (χ1n) is 5.79. The van der Waals surface area contributed by atoms with E-state index in [9.17, 15) is 18.7 Å². The molecule has 0 unspecified atom stereocenters. The molecular formula is C13H13F2NO4. The summed E-state index contributed by atoms with van der Waals surface area (Å²) in [6, 6.07) is 4.07. The fraction of sp³-hybridized carbons (Fsp3) is 0.385. The van der Waals surface area contributed by atoms with Gasteiger partial charge in [0.25, 0.3) is 0 Å². The average Bonchev–Trinajstić information content (AvgIpc) is 2.39. The van der Waals surface area contributed by atoms with E-state index in [0.717, 1.165) is 6.07 Å². The Morgan fingerprint density at radius 3 is 2.65 bits per heavy atom. The van der Waals surface area contributed by atoms with Gasteiger partial charge in [-0.2, -0.15) is 14.0 Å². The molecule has 0 heterocycles. The van der Waals surface area contributed by atoms with Gasteiger partial charge in [-0.05, 0) is 30.2 Å². The number of alkyl halides is 2. The second kappa shape index (κ2) is 7.40. The van der Waals surface area contributed by atoms with E-state index in [-0.39, 0.29) is 29.9 Å². The molecule has 0 saturated heterocycles. The number of benzene rings is 1. The number of esters is 1. The Balaban J connectivity index is 3.12. The molecule has 0 fully saturated rings. The number of nitrogens with zero attached hydrogens (tertiary/aromatic N) is 1. The van der Waals surface area contributed by atoms with Gasteiger partial charge < -0.3 is 14.6 Å². The first kappa shape index (κ1) is 15.9. The average molecular weight is 285 g/mol. The maximum atomic E-state index is 12.2. The molecule has 5 nitrogen and oxygen atoms in total. The van der Waals surface area contributed by atoms with Gasteiger partial charge in [0.15, 0.2) is 0 Å². The zero-order valence-corrected chi connectivity index (χ0v) is 10.7. The number of carbonyl (C=O) groups excluding carboxylic acids is 1. The van der Waals surface area contributed by atoms with Gasteiger partial charge in [0.1, 0.15) is 11.8 Å². The molecule has 0 saturated carbocycles. The number of rotatable bonds is 6. The molecule has 0 amide bonds. The van der Waals surface area contributed by atoms with Crippen molar-refractivity contribution in [2.75, 3.05) is 6.61 Å². The third-order valence-electron chi connectivity index (χ3n) is 2.45. The van der Waals surface area contributed by atoms with Crippen molar-refractivity contribution in [2.24, 2.45) is 0 Å². The summed E-state index contributed by atoms with van der Waals surface area (Å²) in [4.78, 5) is 11.4. The number of nitriles is 1. The van der Waals surface area contributed by atoms with Crippen LogP contribution in [-0.2, 0) is 22.6 Å². The SMILES string of the molecule is CCOC(=O)Cc1cc(C#N)c(OC(F)F)cc1CO. The number of halogens is 2. The zero-order chi connectivity index (χ0) is 15.1. The molecule has 0 atom stereocenters. The number of hydrogen-bond donors (Lipinski definition) is 1. The minimum Gasteiger partial charge on any atom is -0.466 e. The van der Waals surface area contributed by atoms with Crippen LogP contribution in [0, 0.1) is 11.3 Å². The molecule has 0 aliphatic rings. The summed E-state index contributed by atoms with van der Waals surface area (Å²) < 4.78 is 33.4. The van der Waals surface area contributed by atoms with E-state index in [0.29, 0.717) is 5.56 Å². The lowest BCUT2D eigenvalue weighted by molar-refractivity contribution is -0.142. The van der Waals surface area contributed by atoms with Gasteiger partial charge in [-0.1, -0.05) is 0 Å². The van der Waals surface area contributed by atoms with Crippen LogP contribution in [0.1, 0.15) is 23.6 Å². The molecule has 0 radical (unpaired) electrons. The molecule has 1 rings (SSSR count). The lowest BCUT2D eigenvalue weighted by Crippen LogP contribution is -2.11. The number of carbonyl (C=O) groups is 1. The highest BCUT2D eigenvalue weighted by Crippen LogP contribution is 2.25. The monoisotopic (exact) mass is 285 g/mol. The van der Waals surface area contributed by atoms with E-state index in [4.69, 9.17) is 10.00 Å². The lowest BCUT2D eigenvalue weighted by Gasteiger charge is -2.12. The normalized spacial score (nSPS) is 10.2. The van der Waals surface area contributed by atoms with E-state index >= 15 is 0 Å². The molecule has 7 heteroatoms. The van der Waals surface area contributed by atoms with Crippen molar-refractivity contribution in [1.82, 2.24) is 0 Å². The van der Waals surface area contributed by atoms with Gasteiger partial charge in [-0.15, -0.1) is 0 Å². The largest absolute Gasteiger partial charge is 0.466 e. The van der Waals surface area contributed by atoms with Gasteiger partial charge in [-0.3, -0.25) is 4.79 Å². The molecule has 20 heavy (non-hydrogen) atoms. The standard InChI is InChI=1S/C13H13F2NO4/c1-2-19-12(18)5-8-3-9(6-16)11(20-13(14)15)4-10(8)7-17/h3-4,13,17H,2,5,7H2,1H3. The van der Waals surface area contributed by atoms with Crippen molar-refractivity contribution in [2.45, 2.75) is 26.6 Å². The molecule has 0 spiro atoms. The highest BCUT2D eigenvalue weighted by atomic mass is 19.3. The van der Waals surface area contributed by atoms with Crippen LogP contribution in [0.15, 0.2) is 12.1 Å². The fourth-order valence-corrected chi connectivity index (χ4v) is 1.63. The summed E-state index contributed by atoms with van der Waals surface area (Å²) in [6.07, 6.45) is -0.159. The maximum absolute atomic E-state index is 12.2. The first-order valence-corrected chi connectivity index (χ1v) is 5.79. The molecule has 1 aromatic carbocycles. The van der Waals surface area contributed by atoms with Gasteiger partial charge in [0.2, 0.25) is 0 Å². The van der Waals surface area contributed by atoms with E-state index < -0.39 is 19.2 Å². The number of hydrogen-bond acceptors (Lipinski definition) is 5. The van der Waals surface area contributed by atoms with Crippen molar-refractivity contribution in [3.63, 3.8) is 0 Å². The summed E-state index contributed by atoms with van der Waals surface area (Å²) in [5, 5.41) is 18.1. The fourth-order valence-electron chi connectivity index (χ4n) is 1.63. The summed E-state index contributed by atoms with van der Waals surface area (Å²) >= 11 is 0. The Hall–Kier alpha value is -2.20. The third-order valence-corrected chi connectivity index (χ3v) is 2.45. The van der Waals surface area contributed by atoms with Crippen LogP contribution in [0.5, 0.6) is 5.75 Å². The van der Waals surface area contributed by atoms with Crippen molar-refractivity contribution < 1.29 is 28.2 Å². The second-order valence-electron chi connectivity index (χ2n) is 3.75. The van der Waals surface area contributed by atoms with Crippen LogP contribution in [0.3, 0.4) is 0 Å². The minimum atomic E-state index is -3.08. The van der Waals surface area contributed by atoms with Crippen LogP contribution < -0.4 is 4.74 Å². The number of aliphatic hydroxyl groups excluding tert-OH is 1. The molecule has 0 aromatic heterocycles. The predicted octanol–water partition coefficient (Wildman–Crippen LogP) is 1.76. The highest BCUT2D eigenvalue weighted by Gasteiger charge is 2.16. The minimum absolute atomic E-state index is 0.137. The van der Waals surface area contributed by atoms with Gasteiger partial charge in [-0.25, -0.2) is 0 Å². The van der Waals surface area contributed by atoms with Gasteiger partial charge in [0, 0.05) is 0 Å². The van der Waals surface area contributed by atoms with E-state index in [2.05, 4.69) is 4.74 Å². The molecule has 1 N–H and O–H groups in total. The number of aliphatic hydroxyl groups is 1. The molecule has 0 aliphatic heterocycles. The summed E-state index contributed by atoms with van der Waals surface area (Å²) in [7, 11) is 0. The smallest absolute Gasteiger partial charge is 0.387 e. The second-order valence-corrected chi connectivity index (χ2v) is 3.75. The van der Waals surface area contributed by atoms with Crippen LogP contribution >= 0.6 is 0 Å². The Kier molecular flexibility index (Phi) is 5.87. The van der Waals surface area contributed by atoms with E-state index in [1.54, 1.807) is 13.0 Å². The summed E-state index contributed by atoms with van der Waals surface area (Å²) in [5.74, 6) is -0.868. The summed E-state index contributed by atoms with van der Waals surface area (Å²) in [6.45, 7) is -1.71. The van der Waals surface area contributed by atoms with Crippen molar-refractivity contribution in [1.29, 1.82) is 5.26 Å². The highest BCUT2D eigenvalue weighted by molar-refractivity contribution is 5.73. The van der Waals surface area contributed by atoms with Crippen molar-refractivity contribution >= 4 is 5.97 Å². The molecule has 108 valence electrons. The predicted molar refractivity (Wildman–Crippen MR) is 64.0 cm³/mol. The Morgan fingerprint density at radius 2 is 2.15 bits per heavy atom. The van der Waals surface area contributed by atoms with Crippen molar-refractivity contribution in [3.05, 3.63) is 28.8 Å². The van der Waals surface area contributed by atoms with Crippen LogP contribution in [-0.4, -0.2) is 24.3 Å². The van der Waals surface area contributed by atoms with Crippen LogP contribution in [0.4, 0.5) is 8.78 Å². The zero-order valence-electron chi connectivity index (χ0n) is 10.7. The Labute approximate surface area is 114 Å². The summed E-state index contributed by atoms with van der Waals surface area (Å²) in [5.41, 5.74) is 0.429. The van der Waals surface area contributed by atoms with Crippen LogP contribution in [0.2, 0.25) is 0 Å². The lowest BCUT2D eigenvalue weighted by atomic mass is 10.0. The van der Waals surface area contributed by atoms with E-state index in [1.807, 2.05) is 0 Å². The topological polar surface area (TPSA) is 79.6 Å². The molecule has 0 bridgehead atoms. The molecule has 0 aliphatic carbocycles. The quantitative estimate of drug-likeness (QED) is 0.806. The van der Waals surface area contributed by atoms with E-state index in [1.165, 1.54) is 6.07 Å². The Bertz CT molecular complexity index is 526. The van der Waals surface area contributed by atoms with Gasteiger partial charge in [0.05, 0.1) is 25.2 Å². The number of ether oxygens (including phenoxy) is 2. The molecule has 1 aromatic rings. The maximum Gasteiger partial charge on any atom is 0.387 e. The van der Waals surface area contributed by atoms with Gasteiger partial charge >= 0.3 is 12.6 Å². The molecular weight excluding hydrogens is 272 g/mol. The van der Waals surface area contributed by atoms with Crippen LogP contribution in [0.25, 0.3) is 0 Å². The first-order chi connectivity index (χ1) is 9.51. The van der Waals surface area contributed by atoms with Crippen molar-refractivity contribution in [3.8, 4) is 11.8 Å².